The van der Waals surface area contributed by atoms with Gasteiger partial charge in [0.05, 0.1) is 0 Å². The fourth-order valence-corrected chi connectivity index (χ4v) is 68.7. The van der Waals surface area contributed by atoms with Gasteiger partial charge in [-0.25, -0.2) is 0 Å². The first-order chi connectivity index (χ1) is 30.7. The highest BCUT2D eigenvalue weighted by Gasteiger charge is 2.84. The first-order valence-electron chi connectivity index (χ1n) is 27.4. The highest BCUT2D eigenvalue weighted by Crippen LogP contribution is 2.63. The lowest BCUT2D eigenvalue weighted by Gasteiger charge is -2.65. The van der Waals surface area contributed by atoms with Crippen LogP contribution in [-0.2, 0) is 45.3 Å². The third-order valence-electron chi connectivity index (χ3n) is 18.1. The van der Waals surface area contributed by atoms with Gasteiger partial charge in [-0.2, -0.15) is 0 Å². The third kappa shape index (κ3) is 8.92. The normalized spacial score (nSPS) is 43.0. The summed E-state index contributed by atoms with van der Waals surface area (Å²) in [6.07, 6.45) is 33.6. The molecule has 6 saturated carbocycles. The van der Waals surface area contributed by atoms with Crippen molar-refractivity contribution in [3.8, 4) is 0 Å². The van der Waals surface area contributed by atoms with Crippen LogP contribution in [-0.4, -0.2) is 69.9 Å². The van der Waals surface area contributed by atoms with Crippen molar-refractivity contribution < 1.29 is 45.3 Å². The Labute approximate surface area is 390 Å². The summed E-state index contributed by atoms with van der Waals surface area (Å²) in [5.41, 5.74) is 0.649. The zero-order valence-electron chi connectivity index (χ0n) is 40.0. The van der Waals surface area contributed by atoms with Gasteiger partial charge in [0.1, 0.15) is 0 Å². The van der Waals surface area contributed by atoms with E-state index in [9.17, 15) is 0 Å². The molecule has 7 saturated heterocycles. The van der Waals surface area contributed by atoms with Crippen molar-refractivity contribution in [3.63, 3.8) is 0 Å². The predicted octanol–water partition coefficient (Wildman–Crippen LogP) is 13.8. The second-order valence-electron chi connectivity index (χ2n) is 22.0. The summed E-state index contributed by atoms with van der Waals surface area (Å²) in [6, 6.07) is 3.21. The van der Waals surface area contributed by atoms with Crippen molar-refractivity contribution >= 4 is 69.9 Å². The quantitative estimate of drug-likeness (QED) is 0.196. The molecule has 63 heavy (non-hydrogen) atoms. The molecule has 0 spiro atoms. The Bertz CT molecular complexity index is 1420. The lowest BCUT2D eigenvalue weighted by molar-refractivity contribution is -0.0160. The molecule has 6 bridgehead atoms. The van der Waals surface area contributed by atoms with Gasteiger partial charge in [0.25, 0.3) is 0 Å². The molecule has 0 aromatic rings. The molecule has 13 rings (SSSR count). The van der Waals surface area contributed by atoms with E-state index in [2.05, 4.69) is 27.7 Å². The van der Waals surface area contributed by atoms with Crippen LogP contribution in [0.15, 0.2) is 0 Å². The first kappa shape index (κ1) is 47.9. The number of hydrogen-bond acceptors (Lipinski definition) is 11. The predicted molar refractivity (Wildman–Crippen MR) is 261 cm³/mol. The largest absolute Gasteiger partial charge is 0.482 e. The summed E-state index contributed by atoms with van der Waals surface area (Å²) in [5, 5.41) is 0. The van der Waals surface area contributed by atoms with E-state index < -0.39 is 69.9 Å². The van der Waals surface area contributed by atoms with E-state index in [4.69, 9.17) is 45.3 Å². The highest BCUT2D eigenvalue weighted by atomic mass is 28.6. The molecule has 0 amide bonds. The molecule has 0 aromatic heterocycles. The van der Waals surface area contributed by atoms with E-state index >= 15 is 0 Å². The SMILES string of the molecule is CC[Si]1(CC)O[Si]2(C3CCCCC3)O[Si]3(C4CCCCC4)O[Si](CC)(CC)O[Si]4(C5CCCCC5)O[Si](C5CCCCC5)(O3)O[Si](C3CCCCC3)(O1)O[Si](C1CCCCC1)(O2)O4. The van der Waals surface area contributed by atoms with Crippen molar-refractivity contribution in [2.45, 2.75) is 278 Å². The fraction of sp³-hybridized carbons (Fsp3) is 1.00. The van der Waals surface area contributed by atoms with Crippen molar-refractivity contribution in [2.75, 3.05) is 0 Å². The van der Waals surface area contributed by atoms with E-state index in [1.54, 1.807) is 0 Å². The molecule has 19 heteroatoms. The topological polar surface area (TPSA) is 102 Å². The summed E-state index contributed by atoms with van der Waals surface area (Å²) in [5.74, 6) is 0. The summed E-state index contributed by atoms with van der Waals surface area (Å²) in [4.78, 5) is 0. The van der Waals surface area contributed by atoms with Gasteiger partial charge in [-0.3, -0.25) is 0 Å². The lowest BCUT2D eigenvalue weighted by atomic mass is 10.0. The van der Waals surface area contributed by atoms with E-state index in [0.717, 1.165) is 178 Å². The third-order valence-corrected chi connectivity index (χ3v) is 58.3. The maximum Gasteiger partial charge on any atom is 0.482 e. The lowest BCUT2D eigenvalue weighted by Crippen LogP contribution is -2.87. The first-order valence-corrected chi connectivity index (χ1v) is 42.6. The maximum absolute atomic E-state index is 8.65. The Balaban J connectivity index is 1.34. The molecule has 2 atom stereocenters. The molecule has 360 valence electrons. The second kappa shape index (κ2) is 19.5. The number of hydrogen-bond donors (Lipinski definition) is 0. The molecule has 7 aliphatic heterocycles. The van der Waals surface area contributed by atoms with Gasteiger partial charge in [0.15, 0.2) is 0 Å². The van der Waals surface area contributed by atoms with Gasteiger partial charge < -0.3 is 45.3 Å². The minimum absolute atomic E-state index is 0.0891. The monoisotopic (exact) mass is 1010 g/mol. The van der Waals surface area contributed by atoms with Crippen molar-refractivity contribution in [2.24, 2.45) is 0 Å². The molecule has 13 aliphatic rings. The fourth-order valence-electron chi connectivity index (χ4n) is 14.2. The van der Waals surface area contributed by atoms with Crippen LogP contribution in [0.4, 0.5) is 0 Å². The van der Waals surface area contributed by atoms with Crippen LogP contribution in [0.2, 0.25) is 57.4 Å². The van der Waals surface area contributed by atoms with E-state index in [1.165, 1.54) is 38.5 Å². The average Bonchev–Trinajstić information content (AvgIpc) is 3.33. The summed E-state index contributed by atoms with van der Waals surface area (Å²) in [7, 11) is -29.7. The maximum atomic E-state index is 8.65. The number of fused-ring (bicyclic) bond motifs is 4. The second-order valence-corrected chi connectivity index (χ2v) is 49.6. The van der Waals surface area contributed by atoms with Crippen LogP contribution < -0.4 is 0 Å². The number of rotatable bonds is 10. The summed E-state index contributed by atoms with van der Waals surface area (Å²) in [6.45, 7) is 9.29. The Morgan fingerprint density at radius 2 is 0.365 bits per heavy atom. The van der Waals surface area contributed by atoms with Crippen molar-refractivity contribution in [1.29, 1.82) is 0 Å². The Morgan fingerprint density at radius 1 is 0.222 bits per heavy atom. The average molecular weight is 1020 g/mol. The zero-order valence-corrected chi connectivity index (χ0v) is 48.0. The van der Waals surface area contributed by atoms with E-state index in [1.807, 2.05) is 0 Å². The summed E-state index contributed by atoms with van der Waals surface area (Å²) >= 11 is 0. The molecule has 7 heterocycles. The standard InChI is InChI=1S/C44H86O11Si8/c1-5-56(6-2)45-58(39-27-15-9-16-28-39)49-59(40-29-17-10-18-30-40)46-57(7-3,8-4)48-61(42-33-21-12-22-34-42)53-63(51-59,44-37-25-14-26-38-44)54-60(47-56,41-31-19-11-20-32-41)52-62(50-58,55-61)43-35-23-13-24-36-43/h39-44H,5-38H2,1-4H3. The van der Waals surface area contributed by atoms with Crippen LogP contribution in [0, 0.1) is 0 Å². The highest BCUT2D eigenvalue weighted by molar-refractivity contribution is 7.03. The smallest absolute Gasteiger partial charge is 0.394 e. The molecule has 6 aliphatic carbocycles. The van der Waals surface area contributed by atoms with E-state index in [-0.39, 0.29) is 33.2 Å². The van der Waals surface area contributed by atoms with Crippen molar-refractivity contribution in [3.05, 3.63) is 0 Å². The molecular weight excluding hydrogens is 929 g/mol. The Kier molecular flexibility index (Phi) is 14.8. The molecule has 11 nitrogen and oxygen atoms in total. The summed E-state index contributed by atoms with van der Waals surface area (Å²) < 4.78 is 94.0. The minimum Gasteiger partial charge on any atom is -0.394 e. The molecule has 2 unspecified atom stereocenters. The molecule has 0 aromatic carbocycles. The van der Waals surface area contributed by atoms with E-state index in [0.29, 0.717) is 0 Å². The van der Waals surface area contributed by atoms with Gasteiger partial charge in [0.2, 0.25) is 0 Å². The minimum atomic E-state index is -3.95. The van der Waals surface area contributed by atoms with Crippen LogP contribution in [0.25, 0.3) is 0 Å². The molecule has 0 N–H and O–H groups in total. The van der Waals surface area contributed by atoms with Crippen LogP contribution in [0.1, 0.15) is 220 Å². The van der Waals surface area contributed by atoms with Gasteiger partial charge in [-0.1, -0.05) is 143 Å². The van der Waals surface area contributed by atoms with Gasteiger partial charge in [-0.15, -0.1) is 0 Å². The van der Waals surface area contributed by atoms with Gasteiger partial charge >= 0.3 is 69.9 Å². The Morgan fingerprint density at radius 3 is 0.508 bits per heavy atom. The van der Waals surface area contributed by atoms with Crippen molar-refractivity contribution in [1.82, 2.24) is 0 Å². The molecular formula is C44H86O11Si8. The Hall–Kier alpha value is 1.30. The zero-order chi connectivity index (χ0) is 43.3. The van der Waals surface area contributed by atoms with Gasteiger partial charge in [-0.05, 0) is 101 Å². The van der Waals surface area contributed by atoms with Crippen LogP contribution in [0.5, 0.6) is 0 Å². The van der Waals surface area contributed by atoms with Gasteiger partial charge in [0, 0.05) is 33.2 Å². The van der Waals surface area contributed by atoms with Crippen LogP contribution >= 0.6 is 0 Å². The molecule has 13 fully saturated rings. The molecule has 0 radical (unpaired) electrons. The van der Waals surface area contributed by atoms with Crippen LogP contribution in [0.3, 0.4) is 0 Å².